The molecular formula is C12H12ClN3S. The average Bonchev–Trinajstić information content (AvgIpc) is 2.34. The Morgan fingerprint density at radius 3 is 2.94 bits per heavy atom. The minimum atomic E-state index is 0.752. The van der Waals surface area contributed by atoms with Gasteiger partial charge in [-0.05, 0) is 36.9 Å². The smallest absolute Gasteiger partial charge is 0.116 e. The van der Waals surface area contributed by atoms with Crippen molar-refractivity contribution < 1.29 is 0 Å². The first-order valence-corrected chi connectivity index (χ1v) is 6.36. The third-order valence-corrected chi connectivity index (χ3v) is 3.46. The van der Waals surface area contributed by atoms with Crippen LogP contribution in [0.15, 0.2) is 46.7 Å². The Balaban J connectivity index is 2.26. The maximum Gasteiger partial charge on any atom is 0.116 e. The van der Waals surface area contributed by atoms with E-state index in [1.165, 1.54) is 5.56 Å². The van der Waals surface area contributed by atoms with Gasteiger partial charge < -0.3 is 5.32 Å². The molecule has 0 spiro atoms. The van der Waals surface area contributed by atoms with Gasteiger partial charge in [-0.1, -0.05) is 23.4 Å². The molecule has 0 saturated heterocycles. The van der Waals surface area contributed by atoms with Gasteiger partial charge in [0.25, 0.3) is 0 Å². The van der Waals surface area contributed by atoms with Crippen molar-refractivity contribution >= 4 is 23.4 Å². The zero-order chi connectivity index (χ0) is 12.1. The molecule has 2 aromatic rings. The number of aromatic nitrogens is 2. The Hall–Kier alpha value is -1.10. The molecule has 5 heteroatoms. The van der Waals surface area contributed by atoms with E-state index in [0.29, 0.717) is 0 Å². The van der Waals surface area contributed by atoms with E-state index in [-0.39, 0.29) is 0 Å². The largest absolute Gasteiger partial charge is 0.316 e. The van der Waals surface area contributed by atoms with Crippen molar-refractivity contribution in [3.05, 3.63) is 47.4 Å². The van der Waals surface area contributed by atoms with Gasteiger partial charge in [-0.2, -0.15) is 0 Å². The molecule has 1 aromatic carbocycles. The molecule has 0 atom stereocenters. The van der Waals surface area contributed by atoms with E-state index in [1.807, 2.05) is 31.3 Å². The third-order valence-electron chi connectivity index (χ3n) is 2.16. The van der Waals surface area contributed by atoms with Crippen molar-refractivity contribution in [2.75, 3.05) is 7.05 Å². The van der Waals surface area contributed by atoms with Crippen molar-refractivity contribution in [1.29, 1.82) is 0 Å². The first-order chi connectivity index (χ1) is 8.29. The molecule has 88 valence electrons. The molecule has 1 aromatic heterocycles. The Kier molecular flexibility index (Phi) is 4.36. The SMILES string of the molecule is CNCc1cc(Cl)ccc1Sc1ccncn1. The fourth-order valence-corrected chi connectivity index (χ4v) is 2.47. The van der Waals surface area contributed by atoms with Crippen LogP contribution in [-0.2, 0) is 6.54 Å². The summed E-state index contributed by atoms with van der Waals surface area (Å²) in [5.41, 5.74) is 1.17. The first kappa shape index (κ1) is 12.4. The molecule has 0 aliphatic rings. The third kappa shape index (κ3) is 3.43. The normalized spacial score (nSPS) is 10.5. The van der Waals surface area contributed by atoms with Gasteiger partial charge in [0.2, 0.25) is 0 Å². The lowest BCUT2D eigenvalue weighted by molar-refractivity contribution is 0.803. The highest BCUT2D eigenvalue weighted by Crippen LogP contribution is 2.30. The Bertz CT molecular complexity index is 490. The molecule has 0 aliphatic carbocycles. The summed E-state index contributed by atoms with van der Waals surface area (Å²) in [7, 11) is 1.92. The van der Waals surface area contributed by atoms with Crippen LogP contribution < -0.4 is 5.32 Å². The van der Waals surface area contributed by atoms with E-state index in [2.05, 4.69) is 15.3 Å². The summed E-state index contributed by atoms with van der Waals surface area (Å²) in [6.45, 7) is 0.786. The molecule has 0 radical (unpaired) electrons. The highest BCUT2D eigenvalue weighted by Gasteiger charge is 2.05. The van der Waals surface area contributed by atoms with Crippen LogP contribution in [0.4, 0.5) is 0 Å². The topological polar surface area (TPSA) is 37.8 Å². The monoisotopic (exact) mass is 265 g/mol. The molecule has 0 amide bonds. The van der Waals surface area contributed by atoms with Crippen LogP contribution in [0.1, 0.15) is 5.56 Å². The van der Waals surface area contributed by atoms with Crippen LogP contribution in [-0.4, -0.2) is 17.0 Å². The van der Waals surface area contributed by atoms with Crippen LogP contribution in [0, 0.1) is 0 Å². The van der Waals surface area contributed by atoms with Gasteiger partial charge in [-0.3, -0.25) is 0 Å². The van der Waals surface area contributed by atoms with Gasteiger partial charge in [0.05, 0.1) is 0 Å². The molecule has 0 aliphatic heterocycles. The number of hydrogen-bond donors (Lipinski definition) is 1. The van der Waals surface area contributed by atoms with Gasteiger partial charge in [-0.15, -0.1) is 0 Å². The molecule has 0 saturated carbocycles. The molecular weight excluding hydrogens is 254 g/mol. The lowest BCUT2D eigenvalue weighted by atomic mass is 10.2. The number of nitrogens with zero attached hydrogens (tertiary/aromatic N) is 2. The van der Waals surface area contributed by atoms with E-state index in [4.69, 9.17) is 11.6 Å². The lowest BCUT2D eigenvalue weighted by Crippen LogP contribution is -2.06. The van der Waals surface area contributed by atoms with E-state index in [0.717, 1.165) is 21.5 Å². The predicted octanol–water partition coefficient (Wildman–Crippen LogP) is 3.00. The van der Waals surface area contributed by atoms with Crippen molar-refractivity contribution in [3.8, 4) is 0 Å². The highest BCUT2D eigenvalue weighted by molar-refractivity contribution is 7.99. The first-order valence-electron chi connectivity index (χ1n) is 5.16. The fraction of sp³-hybridized carbons (Fsp3) is 0.167. The Morgan fingerprint density at radius 1 is 1.35 bits per heavy atom. The van der Waals surface area contributed by atoms with Gasteiger partial charge >= 0.3 is 0 Å². The molecule has 3 nitrogen and oxygen atoms in total. The van der Waals surface area contributed by atoms with E-state index < -0.39 is 0 Å². The Labute approximate surface area is 110 Å². The van der Waals surface area contributed by atoms with Crippen molar-refractivity contribution in [1.82, 2.24) is 15.3 Å². The lowest BCUT2D eigenvalue weighted by Gasteiger charge is -2.08. The number of nitrogens with one attached hydrogen (secondary N) is 1. The molecule has 2 rings (SSSR count). The Morgan fingerprint density at radius 2 is 2.24 bits per heavy atom. The number of halogens is 1. The minimum absolute atomic E-state index is 0.752. The zero-order valence-corrected chi connectivity index (χ0v) is 10.9. The van der Waals surface area contributed by atoms with Crippen molar-refractivity contribution in [3.63, 3.8) is 0 Å². The molecule has 0 fully saturated rings. The van der Waals surface area contributed by atoms with Gasteiger partial charge in [0.15, 0.2) is 0 Å². The van der Waals surface area contributed by atoms with Crippen LogP contribution >= 0.6 is 23.4 Å². The second kappa shape index (κ2) is 6.00. The van der Waals surface area contributed by atoms with Crippen LogP contribution in [0.25, 0.3) is 0 Å². The molecule has 1 heterocycles. The van der Waals surface area contributed by atoms with Gasteiger partial charge in [0, 0.05) is 22.7 Å². The summed E-state index contributed by atoms with van der Waals surface area (Å²) >= 11 is 7.61. The number of rotatable bonds is 4. The fourth-order valence-electron chi connectivity index (χ4n) is 1.43. The van der Waals surface area contributed by atoms with Crippen LogP contribution in [0.2, 0.25) is 5.02 Å². The zero-order valence-electron chi connectivity index (χ0n) is 9.35. The standard InChI is InChI=1S/C12H12ClN3S/c1-14-7-9-6-10(13)2-3-11(9)17-12-4-5-15-8-16-12/h2-6,8,14H,7H2,1H3. The molecule has 0 bridgehead atoms. The summed E-state index contributed by atoms with van der Waals surface area (Å²) in [6.07, 6.45) is 3.29. The van der Waals surface area contributed by atoms with E-state index in [1.54, 1.807) is 24.3 Å². The summed E-state index contributed by atoms with van der Waals surface area (Å²) < 4.78 is 0. The minimum Gasteiger partial charge on any atom is -0.316 e. The second-order valence-electron chi connectivity index (χ2n) is 3.43. The van der Waals surface area contributed by atoms with Crippen molar-refractivity contribution in [2.45, 2.75) is 16.5 Å². The average molecular weight is 266 g/mol. The molecule has 17 heavy (non-hydrogen) atoms. The quantitative estimate of drug-likeness (QED) is 0.863. The summed E-state index contributed by atoms with van der Waals surface area (Å²) in [6, 6.07) is 7.77. The maximum atomic E-state index is 5.99. The number of benzene rings is 1. The van der Waals surface area contributed by atoms with Crippen LogP contribution in [0.5, 0.6) is 0 Å². The van der Waals surface area contributed by atoms with E-state index in [9.17, 15) is 0 Å². The molecule has 1 N–H and O–H groups in total. The number of hydrogen-bond acceptors (Lipinski definition) is 4. The summed E-state index contributed by atoms with van der Waals surface area (Å²) in [5, 5.41) is 4.82. The van der Waals surface area contributed by atoms with E-state index >= 15 is 0 Å². The second-order valence-corrected chi connectivity index (χ2v) is 4.93. The predicted molar refractivity (Wildman–Crippen MR) is 70.4 cm³/mol. The van der Waals surface area contributed by atoms with Crippen LogP contribution in [0.3, 0.4) is 0 Å². The summed E-state index contributed by atoms with van der Waals surface area (Å²) in [5.74, 6) is 0. The van der Waals surface area contributed by atoms with Gasteiger partial charge in [0.1, 0.15) is 11.4 Å². The highest BCUT2D eigenvalue weighted by atomic mass is 35.5. The van der Waals surface area contributed by atoms with Crippen molar-refractivity contribution in [2.24, 2.45) is 0 Å². The van der Waals surface area contributed by atoms with Gasteiger partial charge in [-0.25, -0.2) is 9.97 Å². The summed E-state index contributed by atoms with van der Waals surface area (Å²) in [4.78, 5) is 9.25. The molecule has 0 unspecified atom stereocenters. The maximum absolute atomic E-state index is 5.99.